The molecule has 1 aliphatic rings. The van der Waals surface area contributed by atoms with E-state index in [1.54, 1.807) is 0 Å². The summed E-state index contributed by atoms with van der Waals surface area (Å²) in [6.07, 6.45) is 1.90. The molecule has 4 nitrogen and oxygen atoms in total. The van der Waals surface area contributed by atoms with Crippen molar-refractivity contribution in [2.75, 3.05) is 0 Å². The zero-order chi connectivity index (χ0) is 12.7. The summed E-state index contributed by atoms with van der Waals surface area (Å²) in [6, 6.07) is 5.99. The van der Waals surface area contributed by atoms with Gasteiger partial charge in [-0.25, -0.2) is 4.79 Å². The summed E-state index contributed by atoms with van der Waals surface area (Å²) < 4.78 is 1.05. The molecule has 0 radical (unpaired) electrons. The molecule has 1 amide bonds. The molecule has 3 N–H and O–H groups in total. The Morgan fingerprint density at radius 3 is 3.11 bits per heavy atom. The van der Waals surface area contributed by atoms with Crippen LogP contribution in [-0.2, 0) is 6.42 Å². The van der Waals surface area contributed by atoms with Gasteiger partial charge in [0.05, 0.1) is 6.04 Å². The highest BCUT2D eigenvalue weighted by Gasteiger charge is 2.25. The maximum atomic E-state index is 10.8. The van der Waals surface area contributed by atoms with E-state index in [-0.39, 0.29) is 6.04 Å². The summed E-state index contributed by atoms with van der Waals surface area (Å²) in [4.78, 5) is 14.2. The average Bonchev–Trinajstić information content (AvgIpc) is 2.68. The second-order valence-corrected chi connectivity index (χ2v) is 5.52. The van der Waals surface area contributed by atoms with Crippen LogP contribution in [0.25, 0.3) is 10.9 Å². The third-order valence-corrected chi connectivity index (χ3v) is 3.96. The summed E-state index contributed by atoms with van der Waals surface area (Å²) in [5, 5.41) is 12.7. The number of rotatable bonds is 1. The molecular weight excluding hydrogens is 296 g/mol. The lowest BCUT2D eigenvalue weighted by molar-refractivity contribution is 0.188. The molecule has 0 aliphatic heterocycles. The number of carbonyl (C=O) groups is 1. The summed E-state index contributed by atoms with van der Waals surface area (Å²) >= 11 is 3.48. The van der Waals surface area contributed by atoms with Crippen LogP contribution in [-0.4, -0.2) is 16.2 Å². The Morgan fingerprint density at radius 1 is 1.50 bits per heavy atom. The Kier molecular flexibility index (Phi) is 2.78. The molecule has 0 saturated heterocycles. The molecule has 18 heavy (non-hydrogen) atoms. The minimum atomic E-state index is -0.965. The fourth-order valence-corrected chi connectivity index (χ4v) is 3.09. The predicted molar refractivity (Wildman–Crippen MR) is 72.8 cm³/mol. The van der Waals surface area contributed by atoms with Gasteiger partial charge in [0.25, 0.3) is 0 Å². The molecule has 1 aliphatic carbocycles. The summed E-state index contributed by atoms with van der Waals surface area (Å²) in [7, 11) is 0. The standard InChI is InChI=1S/C13H13BrN2O2/c14-7-4-5-10-9(6-7)8-2-1-3-11(12(8)15-10)16-13(17)18/h4-6,11,15-16H,1-3H2,(H,17,18). The Morgan fingerprint density at radius 2 is 2.33 bits per heavy atom. The Balaban J connectivity index is 2.12. The molecule has 0 bridgehead atoms. The second kappa shape index (κ2) is 4.31. The first kappa shape index (κ1) is 11.6. The van der Waals surface area contributed by atoms with Gasteiger partial charge in [-0.05, 0) is 43.0 Å². The van der Waals surface area contributed by atoms with Gasteiger partial charge in [0.2, 0.25) is 0 Å². The summed E-state index contributed by atoms with van der Waals surface area (Å²) in [6.45, 7) is 0. The number of carboxylic acid groups (broad SMARTS) is 1. The average molecular weight is 309 g/mol. The van der Waals surface area contributed by atoms with Crippen molar-refractivity contribution in [2.45, 2.75) is 25.3 Å². The van der Waals surface area contributed by atoms with Crippen molar-refractivity contribution >= 4 is 32.9 Å². The van der Waals surface area contributed by atoms with Crippen LogP contribution in [0.4, 0.5) is 4.79 Å². The zero-order valence-corrected chi connectivity index (χ0v) is 11.3. The highest BCUT2D eigenvalue weighted by molar-refractivity contribution is 9.10. The minimum absolute atomic E-state index is 0.113. The minimum Gasteiger partial charge on any atom is -0.465 e. The fraction of sp³-hybridized carbons (Fsp3) is 0.308. The third-order valence-electron chi connectivity index (χ3n) is 3.47. The van der Waals surface area contributed by atoms with E-state index < -0.39 is 6.09 Å². The molecule has 2 aromatic rings. The van der Waals surface area contributed by atoms with Crippen LogP contribution in [0, 0.1) is 0 Å². The van der Waals surface area contributed by atoms with Crippen molar-refractivity contribution in [1.29, 1.82) is 0 Å². The van der Waals surface area contributed by atoms with E-state index in [0.29, 0.717) is 0 Å². The molecule has 1 heterocycles. The van der Waals surface area contributed by atoms with Gasteiger partial charge in [-0.3, -0.25) is 0 Å². The molecule has 3 rings (SSSR count). The normalized spacial score (nSPS) is 18.6. The number of hydrogen-bond donors (Lipinski definition) is 3. The van der Waals surface area contributed by atoms with Gasteiger partial charge < -0.3 is 15.4 Å². The number of nitrogens with one attached hydrogen (secondary N) is 2. The Hall–Kier alpha value is -1.49. The largest absolute Gasteiger partial charge is 0.465 e. The Bertz CT molecular complexity index is 621. The topological polar surface area (TPSA) is 65.1 Å². The monoisotopic (exact) mass is 308 g/mol. The maximum absolute atomic E-state index is 10.8. The van der Waals surface area contributed by atoms with Crippen molar-refractivity contribution in [3.63, 3.8) is 0 Å². The van der Waals surface area contributed by atoms with Crippen molar-refractivity contribution in [2.24, 2.45) is 0 Å². The lowest BCUT2D eigenvalue weighted by atomic mass is 9.92. The predicted octanol–water partition coefficient (Wildman–Crippen LogP) is 3.58. The van der Waals surface area contributed by atoms with Gasteiger partial charge >= 0.3 is 6.09 Å². The van der Waals surface area contributed by atoms with E-state index >= 15 is 0 Å². The number of benzene rings is 1. The van der Waals surface area contributed by atoms with E-state index in [4.69, 9.17) is 5.11 Å². The van der Waals surface area contributed by atoms with Crippen molar-refractivity contribution in [1.82, 2.24) is 10.3 Å². The number of aromatic nitrogens is 1. The first-order valence-electron chi connectivity index (χ1n) is 5.94. The van der Waals surface area contributed by atoms with Crippen molar-refractivity contribution in [3.05, 3.63) is 33.9 Å². The number of aryl methyl sites for hydroxylation is 1. The first-order chi connectivity index (χ1) is 8.65. The Labute approximate surface area is 113 Å². The highest BCUT2D eigenvalue weighted by atomic mass is 79.9. The molecule has 0 fully saturated rings. The van der Waals surface area contributed by atoms with Crippen LogP contribution in [0.3, 0.4) is 0 Å². The first-order valence-corrected chi connectivity index (χ1v) is 6.74. The quantitative estimate of drug-likeness (QED) is 0.754. The molecule has 1 aromatic heterocycles. The summed E-state index contributed by atoms with van der Waals surface area (Å²) in [5.41, 5.74) is 3.34. The van der Waals surface area contributed by atoms with E-state index in [2.05, 4.69) is 32.3 Å². The van der Waals surface area contributed by atoms with E-state index in [9.17, 15) is 4.79 Å². The SMILES string of the molecule is O=C(O)NC1CCCc2c1[nH]c1ccc(Br)cc21. The number of aromatic amines is 1. The molecule has 0 spiro atoms. The van der Waals surface area contributed by atoms with E-state index in [1.165, 1.54) is 10.9 Å². The third kappa shape index (κ3) is 1.88. The van der Waals surface area contributed by atoms with Crippen LogP contribution < -0.4 is 5.32 Å². The number of hydrogen-bond acceptors (Lipinski definition) is 1. The van der Waals surface area contributed by atoms with Gasteiger partial charge in [0, 0.05) is 21.1 Å². The smallest absolute Gasteiger partial charge is 0.405 e. The molecule has 5 heteroatoms. The number of fused-ring (bicyclic) bond motifs is 3. The maximum Gasteiger partial charge on any atom is 0.405 e. The number of halogens is 1. The number of amides is 1. The number of H-pyrrole nitrogens is 1. The molecular formula is C13H13BrN2O2. The van der Waals surface area contributed by atoms with Gasteiger partial charge in [-0.1, -0.05) is 15.9 Å². The summed E-state index contributed by atoms with van der Waals surface area (Å²) in [5.74, 6) is 0. The molecule has 0 saturated carbocycles. The van der Waals surface area contributed by atoms with E-state index in [0.717, 1.165) is 34.9 Å². The van der Waals surface area contributed by atoms with Crippen LogP contribution in [0.5, 0.6) is 0 Å². The fourth-order valence-electron chi connectivity index (χ4n) is 2.73. The molecule has 1 unspecified atom stereocenters. The van der Waals surface area contributed by atoms with Gasteiger partial charge in [-0.15, -0.1) is 0 Å². The lowest BCUT2D eigenvalue weighted by Gasteiger charge is -2.22. The van der Waals surface area contributed by atoms with Crippen LogP contribution in [0.2, 0.25) is 0 Å². The zero-order valence-electron chi connectivity index (χ0n) is 9.66. The highest BCUT2D eigenvalue weighted by Crippen LogP contribution is 2.35. The molecule has 1 aromatic carbocycles. The van der Waals surface area contributed by atoms with Gasteiger partial charge in [0.15, 0.2) is 0 Å². The second-order valence-electron chi connectivity index (χ2n) is 4.60. The molecule has 94 valence electrons. The van der Waals surface area contributed by atoms with Crippen molar-refractivity contribution < 1.29 is 9.90 Å². The lowest BCUT2D eigenvalue weighted by Crippen LogP contribution is -2.29. The van der Waals surface area contributed by atoms with Crippen LogP contribution in [0.15, 0.2) is 22.7 Å². The van der Waals surface area contributed by atoms with Crippen molar-refractivity contribution in [3.8, 4) is 0 Å². The molecule has 1 atom stereocenters. The van der Waals surface area contributed by atoms with Gasteiger partial charge in [-0.2, -0.15) is 0 Å². The van der Waals surface area contributed by atoms with Gasteiger partial charge in [0.1, 0.15) is 0 Å². The van der Waals surface area contributed by atoms with Crippen LogP contribution in [0.1, 0.15) is 30.1 Å². The van der Waals surface area contributed by atoms with Crippen LogP contribution >= 0.6 is 15.9 Å². The van der Waals surface area contributed by atoms with E-state index in [1.807, 2.05) is 12.1 Å².